The third-order valence-corrected chi connectivity index (χ3v) is 5.35. The van der Waals surface area contributed by atoms with E-state index in [2.05, 4.69) is 31.0 Å². The van der Waals surface area contributed by atoms with Crippen LogP contribution in [-0.4, -0.2) is 36.9 Å². The Balaban J connectivity index is 1.73. The third-order valence-electron chi connectivity index (χ3n) is 4.39. The number of benzene rings is 1. The minimum Gasteiger partial charge on any atom is -0.461 e. The number of carbonyl (C=O) groups excluding carboxylic acids is 1. The van der Waals surface area contributed by atoms with Crippen molar-refractivity contribution in [2.75, 3.05) is 5.75 Å². The van der Waals surface area contributed by atoms with Gasteiger partial charge in [0.05, 0.1) is 12.0 Å². The first-order chi connectivity index (χ1) is 13.4. The summed E-state index contributed by atoms with van der Waals surface area (Å²) in [6.45, 7) is 9.49. The van der Waals surface area contributed by atoms with Crippen LogP contribution in [0.2, 0.25) is 0 Å². The lowest BCUT2D eigenvalue weighted by Gasteiger charge is -2.36. The fraction of sp³-hybridized carbons (Fsp3) is 0.381. The molecule has 3 aromatic rings. The quantitative estimate of drug-likeness (QED) is 0.549. The number of amides is 1. The van der Waals surface area contributed by atoms with Gasteiger partial charge in [-0.25, -0.2) is 0 Å². The lowest BCUT2D eigenvalue weighted by Crippen LogP contribution is -2.45. The largest absolute Gasteiger partial charge is 0.461 e. The Labute approximate surface area is 169 Å². The molecule has 6 nitrogen and oxygen atoms in total. The summed E-state index contributed by atoms with van der Waals surface area (Å²) < 4.78 is 7.41. The second-order valence-electron chi connectivity index (χ2n) is 7.45. The van der Waals surface area contributed by atoms with Crippen molar-refractivity contribution in [3.05, 3.63) is 54.3 Å². The summed E-state index contributed by atoms with van der Waals surface area (Å²) in [5.74, 6) is 1.74. The maximum Gasteiger partial charge on any atom is 0.233 e. The van der Waals surface area contributed by atoms with Crippen molar-refractivity contribution >= 4 is 17.7 Å². The third kappa shape index (κ3) is 4.65. The van der Waals surface area contributed by atoms with Gasteiger partial charge in [0.1, 0.15) is 0 Å². The summed E-state index contributed by atoms with van der Waals surface area (Å²) in [7, 11) is 0. The zero-order valence-corrected chi connectivity index (χ0v) is 17.6. The first-order valence-corrected chi connectivity index (χ1v) is 10.3. The molecule has 0 unspecified atom stereocenters. The number of hydrogen-bond acceptors (Lipinski definition) is 5. The Morgan fingerprint density at radius 1 is 1.14 bits per heavy atom. The zero-order valence-electron chi connectivity index (χ0n) is 16.8. The fourth-order valence-corrected chi connectivity index (χ4v) is 3.82. The molecule has 0 N–H and O–H groups in total. The highest BCUT2D eigenvalue weighted by Gasteiger charge is 2.27. The van der Waals surface area contributed by atoms with E-state index in [0.717, 1.165) is 10.7 Å². The summed E-state index contributed by atoms with van der Waals surface area (Å²) in [5, 5.41) is 9.23. The van der Waals surface area contributed by atoms with Crippen LogP contribution in [0.5, 0.6) is 0 Å². The Bertz CT molecular complexity index is 898. The molecule has 0 bridgehead atoms. The fourth-order valence-electron chi connectivity index (χ4n) is 2.94. The summed E-state index contributed by atoms with van der Waals surface area (Å²) >= 11 is 1.41. The molecule has 0 radical (unpaired) electrons. The van der Waals surface area contributed by atoms with E-state index in [9.17, 15) is 4.79 Å². The molecule has 0 saturated carbocycles. The number of aromatic nitrogens is 3. The Morgan fingerprint density at radius 3 is 2.50 bits per heavy atom. The molecule has 148 valence electrons. The smallest absolute Gasteiger partial charge is 0.233 e. The number of hydrogen-bond donors (Lipinski definition) is 0. The van der Waals surface area contributed by atoms with Crippen molar-refractivity contribution in [1.29, 1.82) is 0 Å². The van der Waals surface area contributed by atoms with Gasteiger partial charge in [-0.3, -0.25) is 9.36 Å². The van der Waals surface area contributed by atoms with E-state index in [4.69, 9.17) is 4.42 Å². The topological polar surface area (TPSA) is 64.2 Å². The molecule has 0 saturated heterocycles. The maximum atomic E-state index is 13.0. The molecule has 0 aliphatic rings. The predicted molar refractivity (Wildman–Crippen MR) is 111 cm³/mol. The van der Waals surface area contributed by atoms with E-state index in [1.807, 2.05) is 58.9 Å². The summed E-state index contributed by atoms with van der Waals surface area (Å²) in [4.78, 5) is 14.9. The molecule has 3 rings (SSSR count). The molecule has 0 aliphatic carbocycles. The minimum absolute atomic E-state index is 0.0755. The number of furan rings is 1. The van der Waals surface area contributed by atoms with Crippen LogP contribution in [0.15, 0.2) is 58.3 Å². The van der Waals surface area contributed by atoms with E-state index < -0.39 is 0 Å². The van der Waals surface area contributed by atoms with Crippen LogP contribution >= 0.6 is 11.8 Å². The van der Waals surface area contributed by atoms with E-state index in [-0.39, 0.29) is 11.4 Å². The first kappa shape index (κ1) is 20.2. The molecular weight excluding hydrogens is 372 g/mol. The van der Waals surface area contributed by atoms with Crippen LogP contribution in [0, 0.1) is 0 Å². The number of carbonyl (C=O) groups is 1. The van der Waals surface area contributed by atoms with Gasteiger partial charge in [0.2, 0.25) is 5.91 Å². The van der Waals surface area contributed by atoms with Crippen molar-refractivity contribution in [3.63, 3.8) is 0 Å². The van der Waals surface area contributed by atoms with Gasteiger partial charge in [-0.05, 0) is 45.4 Å². The van der Waals surface area contributed by atoms with E-state index in [1.54, 1.807) is 6.26 Å². The number of rotatable bonds is 7. The van der Waals surface area contributed by atoms with Gasteiger partial charge < -0.3 is 9.32 Å². The highest BCUT2D eigenvalue weighted by Crippen LogP contribution is 2.26. The normalized spacial score (nSPS) is 11.6. The molecule has 7 heteroatoms. The average Bonchev–Trinajstić information content (AvgIpc) is 3.33. The van der Waals surface area contributed by atoms with Crippen molar-refractivity contribution in [3.8, 4) is 11.6 Å². The van der Waals surface area contributed by atoms with Crippen LogP contribution in [0.4, 0.5) is 0 Å². The van der Waals surface area contributed by atoms with Crippen molar-refractivity contribution < 1.29 is 9.21 Å². The molecule has 1 aromatic carbocycles. The van der Waals surface area contributed by atoms with Gasteiger partial charge in [-0.1, -0.05) is 42.1 Å². The minimum atomic E-state index is -0.273. The van der Waals surface area contributed by atoms with Gasteiger partial charge >= 0.3 is 0 Å². The Morgan fingerprint density at radius 2 is 1.89 bits per heavy atom. The maximum absolute atomic E-state index is 13.0. The van der Waals surface area contributed by atoms with Gasteiger partial charge in [0.15, 0.2) is 16.7 Å². The van der Waals surface area contributed by atoms with E-state index in [0.29, 0.717) is 30.4 Å². The molecule has 28 heavy (non-hydrogen) atoms. The lowest BCUT2D eigenvalue weighted by molar-refractivity contribution is -0.133. The molecule has 0 atom stereocenters. The van der Waals surface area contributed by atoms with Crippen LogP contribution in [0.1, 0.15) is 33.3 Å². The standard InChI is InChI=1S/C21H26N4O2S/c1-5-24-19(17-12-9-13-27-17)22-23-20(24)28-15-18(26)25(21(2,3)4)14-16-10-7-6-8-11-16/h6-13H,5,14-15H2,1-4H3. The Hall–Kier alpha value is -2.54. The number of nitrogens with zero attached hydrogens (tertiary/aromatic N) is 4. The van der Waals surface area contributed by atoms with Crippen molar-refractivity contribution in [2.45, 2.75) is 51.5 Å². The molecule has 0 spiro atoms. The lowest BCUT2D eigenvalue weighted by atomic mass is 10.0. The average molecular weight is 399 g/mol. The van der Waals surface area contributed by atoms with Crippen LogP contribution in [0.3, 0.4) is 0 Å². The van der Waals surface area contributed by atoms with Crippen LogP contribution in [-0.2, 0) is 17.9 Å². The van der Waals surface area contributed by atoms with Gasteiger partial charge in [-0.15, -0.1) is 10.2 Å². The van der Waals surface area contributed by atoms with Crippen LogP contribution in [0.25, 0.3) is 11.6 Å². The molecule has 1 amide bonds. The van der Waals surface area contributed by atoms with E-state index >= 15 is 0 Å². The molecule has 2 heterocycles. The summed E-state index contributed by atoms with van der Waals surface area (Å²) in [5.41, 5.74) is 0.846. The van der Waals surface area contributed by atoms with E-state index in [1.165, 1.54) is 11.8 Å². The molecule has 0 fully saturated rings. The molecular formula is C21H26N4O2S. The second-order valence-corrected chi connectivity index (χ2v) is 8.40. The highest BCUT2D eigenvalue weighted by atomic mass is 32.2. The van der Waals surface area contributed by atoms with Crippen molar-refractivity contribution in [1.82, 2.24) is 19.7 Å². The predicted octanol–water partition coefficient (Wildman–Crippen LogP) is 4.48. The summed E-state index contributed by atoms with van der Waals surface area (Å²) in [6.07, 6.45) is 1.62. The van der Waals surface area contributed by atoms with Gasteiger partial charge in [0.25, 0.3) is 0 Å². The SMILES string of the molecule is CCn1c(SCC(=O)N(Cc2ccccc2)C(C)(C)C)nnc1-c1ccco1. The summed E-state index contributed by atoms with van der Waals surface area (Å²) in [6, 6.07) is 13.7. The molecule has 0 aliphatic heterocycles. The number of thioether (sulfide) groups is 1. The van der Waals surface area contributed by atoms with Gasteiger partial charge in [-0.2, -0.15) is 0 Å². The Kier molecular flexibility index (Phi) is 6.24. The zero-order chi connectivity index (χ0) is 20.1. The second kappa shape index (κ2) is 8.65. The van der Waals surface area contributed by atoms with Crippen LogP contribution < -0.4 is 0 Å². The highest BCUT2D eigenvalue weighted by molar-refractivity contribution is 7.99. The van der Waals surface area contributed by atoms with Gasteiger partial charge in [0, 0.05) is 18.6 Å². The van der Waals surface area contributed by atoms with Crippen molar-refractivity contribution in [2.24, 2.45) is 0 Å². The monoisotopic (exact) mass is 398 g/mol. The molecule has 2 aromatic heterocycles. The first-order valence-electron chi connectivity index (χ1n) is 9.34.